The minimum absolute atomic E-state index is 0.663. The van der Waals surface area contributed by atoms with E-state index in [2.05, 4.69) is 32.5 Å². The van der Waals surface area contributed by atoms with E-state index in [1.54, 1.807) is 16.0 Å². The third kappa shape index (κ3) is 2.49. The van der Waals surface area contributed by atoms with Crippen molar-refractivity contribution in [3.63, 3.8) is 0 Å². The minimum atomic E-state index is 0.663. The molecule has 96 valence electrons. The zero-order valence-corrected chi connectivity index (χ0v) is 12.9. The number of carbonyl (C=O) groups is 1. The number of aromatic nitrogens is 2. The summed E-state index contributed by atoms with van der Waals surface area (Å²) < 4.78 is 2.84. The van der Waals surface area contributed by atoms with Gasteiger partial charge in [-0.2, -0.15) is 5.10 Å². The second kappa shape index (κ2) is 5.24. The lowest BCUT2D eigenvalue weighted by Gasteiger charge is -2.19. The van der Waals surface area contributed by atoms with Gasteiger partial charge >= 0.3 is 0 Å². The van der Waals surface area contributed by atoms with Crippen LogP contribution in [-0.2, 0) is 13.6 Å². The first kappa shape index (κ1) is 13.3. The molecule has 2 rings (SSSR count). The molecule has 0 aliphatic heterocycles. The molecule has 0 aromatic carbocycles. The van der Waals surface area contributed by atoms with Crippen molar-refractivity contribution in [2.75, 3.05) is 11.9 Å². The molecule has 2 aromatic rings. The van der Waals surface area contributed by atoms with Gasteiger partial charge in [0.15, 0.2) is 6.29 Å². The normalized spacial score (nSPS) is 10.7. The van der Waals surface area contributed by atoms with Gasteiger partial charge in [-0.1, -0.05) is 0 Å². The number of carbonyl (C=O) groups excluding carboxylic acids is 1. The number of anilines is 1. The summed E-state index contributed by atoms with van der Waals surface area (Å²) in [5, 5.41) is 6.34. The summed E-state index contributed by atoms with van der Waals surface area (Å²) in [5.74, 6) is 0.854. The largest absolute Gasteiger partial charge is 0.354 e. The highest BCUT2D eigenvalue weighted by atomic mass is 79.9. The van der Waals surface area contributed by atoms with Crippen molar-refractivity contribution in [1.82, 2.24) is 9.78 Å². The molecule has 0 radical (unpaired) electrons. The molecule has 0 bridgehead atoms. The van der Waals surface area contributed by atoms with Gasteiger partial charge in [-0.25, -0.2) is 0 Å². The van der Waals surface area contributed by atoms with Crippen LogP contribution in [0.1, 0.15) is 20.9 Å². The first-order valence-corrected chi connectivity index (χ1v) is 7.13. The van der Waals surface area contributed by atoms with Crippen LogP contribution in [0.25, 0.3) is 0 Å². The molecule has 0 fully saturated rings. The Balaban J connectivity index is 2.28. The summed E-state index contributed by atoms with van der Waals surface area (Å²) in [4.78, 5) is 14.4. The molecule has 2 aromatic heterocycles. The summed E-state index contributed by atoms with van der Waals surface area (Å²) in [7, 11) is 3.83. The molecule has 0 spiro atoms. The van der Waals surface area contributed by atoms with Crippen LogP contribution in [0.3, 0.4) is 0 Å². The fraction of sp³-hybridized carbons (Fsp3) is 0.333. The standard InChI is InChI=1S/C12H14BrN3OS/c1-8-11(6-17)12(16(3)14-8)15(2)5-10-4-9(13)7-18-10/h4,6-7H,5H2,1-3H3. The first-order chi connectivity index (χ1) is 8.52. The number of hydrogen-bond donors (Lipinski definition) is 0. The van der Waals surface area contributed by atoms with Crippen LogP contribution in [0.2, 0.25) is 0 Å². The second-order valence-electron chi connectivity index (χ2n) is 4.15. The molecule has 6 heteroatoms. The maximum Gasteiger partial charge on any atom is 0.155 e. The summed E-state index contributed by atoms with van der Waals surface area (Å²) in [6.45, 7) is 2.61. The van der Waals surface area contributed by atoms with E-state index in [-0.39, 0.29) is 0 Å². The van der Waals surface area contributed by atoms with E-state index in [0.717, 1.165) is 28.8 Å². The molecular weight excluding hydrogens is 314 g/mol. The van der Waals surface area contributed by atoms with Gasteiger partial charge in [0, 0.05) is 28.8 Å². The Hall–Kier alpha value is -1.14. The van der Waals surface area contributed by atoms with Crippen LogP contribution < -0.4 is 4.90 Å². The highest BCUT2D eigenvalue weighted by molar-refractivity contribution is 9.10. The quantitative estimate of drug-likeness (QED) is 0.810. The fourth-order valence-electron chi connectivity index (χ4n) is 2.00. The molecule has 0 aliphatic carbocycles. The third-order valence-electron chi connectivity index (χ3n) is 2.73. The van der Waals surface area contributed by atoms with E-state index in [0.29, 0.717) is 5.56 Å². The van der Waals surface area contributed by atoms with Gasteiger partial charge < -0.3 is 4.90 Å². The van der Waals surface area contributed by atoms with Crippen LogP contribution in [0.4, 0.5) is 5.82 Å². The number of rotatable bonds is 4. The number of hydrogen-bond acceptors (Lipinski definition) is 4. The average molecular weight is 328 g/mol. The van der Waals surface area contributed by atoms with Gasteiger partial charge in [0.2, 0.25) is 0 Å². The Morgan fingerprint density at radius 3 is 2.89 bits per heavy atom. The van der Waals surface area contributed by atoms with Crippen molar-refractivity contribution < 1.29 is 4.79 Å². The molecule has 0 amide bonds. The SMILES string of the molecule is Cc1nn(C)c(N(C)Cc2cc(Br)cs2)c1C=O. The lowest BCUT2D eigenvalue weighted by molar-refractivity contribution is 0.112. The molecule has 0 unspecified atom stereocenters. The third-order valence-corrected chi connectivity index (χ3v) is 4.41. The molecule has 0 saturated carbocycles. The van der Waals surface area contributed by atoms with Gasteiger partial charge in [-0.3, -0.25) is 9.48 Å². The summed E-state index contributed by atoms with van der Waals surface area (Å²) in [6.07, 6.45) is 0.874. The maximum atomic E-state index is 11.1. The van der Waals surface area contributed by atoms with E-state index in [1.807, 2.05) is 25.9 Å². The number of nitrogens with zero attached hydrogens (tertiary/aromatic N) is 3. The van der Waals surface area contributed by atoms with Crippen molar-refractivity contribution in [2.45, 2.75) is 13.5 Å². The molecule has 4 nitrogen and oxygen atoms in total. The average Bonchev–Trinajstić information content (AvgIpc) is 2.82. The van der Waals surface area contributed by atoms with E-state index < -0.39 is 0 Å². The zero-order valence-electron chi connectivity index (χ0n) is 10.5. The zero-order chi connectivity index (χ0) is 13.3. The topological polar surface area (TPSA) is 38.1 Å². The molecular formula is C12H14BrN3OS. The van der Waals surface area contributed by atoms with Crippen LogP contribution in [-0.4, -0.2) is 23.1 Å². The van der Waals surface area contributed by atoms with Crippen molar-refractivity contribution in [3.05, 3.63) is 32.1 Å². The second-order valence-corrected chi connectivity index (χ2v) is 6.06. The Morgan fingerprint density at radius 2 is 2.33 bits per heavy atom. The smallest absolute Gasteiger partial charge is 0.155 e. The Kier molecular flexibility index (Phi) is 3.87. The van der Waals surface area contributed by atoms with Gasteiger partial charge in [-0.15, -0.1) is 11.3 Å². The van der Waals surface area contributed by atoms with Crippen molar-refractivity contribution in [1.29, 1.82) is 0 Å². The Labute approximate surface area is 118 Å². The maximum absolute atomic E-state index is 11.1. The van der Waals surface area contributed by atoms with E-state index in [1.165, 1.54) is 4.88 Å². The predicted octanol–water partition coefficient (Wildman–Crippen LogP) is 3.00. The Morgan fingerprint density at radius 1 is 1.61 bits per heavy atom. The molecule has 18 heavy (non-hydrogen) atoms. The van der Waals surface area contributed by atoms with Crippen molar-refractivity contribution in [2.24, 2.45) is 7.05 Å². The lowest BCUT2D eigenvalue weighted by Crippen LogP contribution is -2.20. The summed E-state index contributed by atoms with van der Waals surface area (Å²) in [6, 6.07) is 2.09. The van der Waals surface area contributed by atoms with Gasteiger partial charge in [-0.05, 0) is 28.9 Å². The van der Waals surface area contributed by atoms with E-state index in [4.69, 9.17) is 0 Å². The van der Waals surface area contributed by atoms with Crippen molar-refractivity contribution in [3.8, 4) is 0 Å². The number of aldehydes is 1. The highest BCUT2D eigenvalue weighted by Crippen LogP contribution is 2.25. The van der Waals surface area contributed by atoms with Crippen LogP contribution in [0.5, 0.6) is 0 Å². The highest BCUT2D eigenvalue weighted by Gasteiger charge is 2.16. The summed E-state index contributed by atoms with van der Waals surface area (Å²) >= 11 is 5.14. The van der Waals surface area contributed by atoms with Crippen LogP contribution in [0, 0.1) is 6.92 Å². The number of thiophene rings is 1. The Bertz CT molecular complexity index is 576. The van der Waals surface area contributed by atoms with E-state index in [9.17, 15) is 4.79 Å². The first-order valence-electron chi connectivity index (χ1n) is 5.45. The molecule has 0 aliphatic rings. The fourth-order valence-corrected chi connectivity index (χ4v) is 3.50. The monoisotopic (exact) mass is 327 g/mol. The van der Waals surface area contributed by atoms with Crippen molar-refractivity contribution >= 4 is 39.4 Å². The lowest BCUT2D eigenvalue weighted by atomic mass is 10.2. The molecule has 2 heterocycles. The summed E-state index contributed by atoms with van der Waals surface area (Å²) in [5.41, 5.74) is 1.43. The molecule has 0 atom stereocenters. The van der Waals surface area contributed by atoms with E-state index >= 15 is 0 Å². The number of halogens is 1. The van der Waals surface area contributed by atoms with Gasteiger partial charge in [0.05, 0.1) is 17.8 Å². The molecule has 0 saturated heterocycles. The van der Waals surface area contributed by atoms with Crippen LogP contribution >= 0.6 is 27.3 Å². The molecule has 0 N–H and O–H groups in total. The van der Waals surface area contributed by atoms with Crippen LogP contribution in [0.15, 0.2) is 15.9 Å². The van der Waals surface area contributed by atoms with Gasteiger partial charge in [0.1, 0.15) is 5.82 Å². The number of aryl methyl sites for hydroxylation is 2. The predicted molar refractivity (Wildman–Crippen MR) is 77.5 cm³/mol. The minimum Gasteiger partial charge on any atom is -0.354 e. The van der Waals surface area contributed by atoms with Gasteiger partial charge in [0.25, 0.3) is 0 Å².